The van der Waals surface area contributed by atoms with E-state index in [1.807, 2.05) is 29.2 Å². The van der Waals surface area contributed by atoms with E-state index in [1.54, 1.807) is 23.9 Å². The quantitative estimate of drug-likeness (QED) is 0.736. The molecule has 0 saturated heterocycles. The molecular formula is C20H21FN2OS. The first-order valence-corrected chi connectivity index (χ1v) is 9.48. The molecular weight excluding hydrogens is 335 g/mol. The minimum absolute atomic E-state index is 0.0286. The number of hydrogen-bond acceptors (Lipinski definition) is 4. The number of carbonyl (C=O) groups is 1. The average molecular weight is 356 g/mol. The van der Waals surface area contributed by atoms with Crippen molar-refractivity contribution in [1.82, 2.24) is 0 Å². The van der Waals surface area contributed by atoms with Crippen LogP contribution in [0.25, 0.3) is 0 Å². The normalized spacial score (nSPS) is 14.1. The highest BCUT2D eigenvalue weighted by Crippen LogP contribution is 2.23. The number of benzene rings is 2. The number of aliphatic imine (C=N–C) groups is 1. The van der Waals surface area contributed by atoms with Crippen LogP contribution in [0.3, 0.4) is 0 Å². The highest BCUT2D eigenvalue weighted by Gasteiger charge is 2.20. The zero-order chi connectivity index (χ0) is 17.6. The number of halogens is 1. The smallest absolute Gasteiger partial charge is 0.182 e. The molecule has 1 aliphatic heterocycles. The fraction of sp³-hybridized carbons (Fsp3) is 0.300. The van der Waals surface area contributed by atoms with Crippen LogP contribution in [0.15, 0.2) is 53.5 Å². The van der Waals surface area contributed by atoms with Crippen molar-refractivity contribution in [3.8, 4) is 0 Å². The molecule has 0 amide bonds. The van der Waals surface area contributed by atoms with E-state index in [4.69, 9.17) is 0 Å². The van der Waals surface area contributed by atoms with Gasteiger partial charge in [-0.25, -0.2) is 4.39 Å². The van der Waals surface area contributed by atoms with Crippen molar-refractivity contribution in [3.05, 3.63) is 65.5 Å². The number of hydrogen-bond donors (Lipinski definition) is 0. The number of ketones is 1. The maximum absolute atomic E-state index is 13.3. The van der Waals surface area contributed by atoms with Crippen molar-refractivity contribution < 1.29 is 9.18 Å². The molecule has 1 aliphatic rings. The molecule has 0 fully saturated rings. The third-order valence-electron chi connectivity index (χ3n) is 4.14. The highest BCUT2D eigenvalue weighted by molar-refractivity contribution is 8.14. The van der Waals surface area contributed by atoms with Crippen LogP contribution < -0.4 is 4.90 Å². The first-order chi connectivity index (χ1) is 12.2. The highest BCUT2D eigenvalue weighted by atomic mass is 32.2. The van der Waals surface area contributed by atoms with Gasteiger partial charge in [-0.05, 0) is 42.7 Å². The molecule has 2 aromatic rings. The van der Waals surface area contributed by atoms with E-state index < -0.39 is 0 Å². The summed E-state index contributed by atoms with van der Waals surface area (Å²) in [6.45, 7) is 3.05. The zero-order valence-electron chi connectivity index (χ0n) is 14.2. The van der Waals surface area contributed by atoms with Crippen molar-refractivity contribution in [1.29, 1.82) is 0 Å². The molecule has 0 saturated carbocycles. The molecule has 0 radical (unpaired) electrons. The monoisotopic (exact) mass is 356 g/mol. The molecule has 0 aliphatic carbocycles. The van der Waals surface area contributed by atoms with E-state index in [2.05, 4.69) is 11.9 Å². The van der Waals surface area contributed by atoms with E-state index in [0.29, 0.717) is 5.56 Å². The molecule has 3 nitrogen and oxygen atoms in total. The van der Waals surface area contributed by atoms with Gasteiger partial charge in [0.15, 0.2) is 11.0 Å². The van der Waals surface area contributed by atoms with Crippen LogP contribution in [-0.2, 0) is 6.42 Å². The molecule has 0 N–H and O–H groups in total. The van der Waals surface area contributed by atoms with Crippen molar-refractivity contribution in [2.75, 3.05) is 23.7 Å². The SMILES string of the molecule is CCc1ccc(C(=O)CN(C2=NCCCS2)c2ccc(F)cc2)cc1. The van der Waals surface area contributed by atoms with Gasteiger partial charge in [-0.2, -0.15) is 0 Å². The van der Waals surface area contributed by atoms with Gasteiger partial charge in [0.2, 0.25) is 0 Å². The second kappa shape index (κ2) is 8.30. The molecule has 0 spiro atoms. The van der Waals surface area contributed by atoms with Crippen molar-refractivity contribution in [3.63, 3.8) is 0 Å². The number of amidine groups is 1. The lowest BCUT2D eigenvalue weighted by atomic mass is 10.1. The minimum atomic E-state index is -0.289. The Hall–Kier alpha value is -2.14. The van der Waals surface area contributed by atoms with E-state index in [-0.39, 0.29) is 18.1 Å². The van der Waals surface area contributed by atoms with Crippen molar-refractivity contribution >= 4 is 28.4 Å². The third-order valence-corrected chi connectivity index (χ3v) is 5.24. The van der Waals surface area contributed by atoms with Gasteiger partial charge in [0, 0.05) is 23.5 Å². The molecule has 0 unspecified atom stereocenters. The van der Waals surface area contributed by atoms with Gasteiger partial charge in [0.25, 0.3) is 0 Å². The third kappa shape index (κ3) is 4.48. The number of carbonyl (C=O) groups excluding carboxylic acids is 1. The minimum Gasteiger partial charge on any atom is -0.313 e. The van der Waals surface area contributed by atoms with Gasteiger partial charge >= 0.3 is 0 Å². The fourth-order valence-corrected chi connectivity index (χ4v) is 3.63. The number of anilines is 1. The summed E-state index contributed by atoms with van der Waals surface area (Å²) in [5.74, 6) is 0.722. The predicted molar refractivity (Wildman–Crippen MR) is 103 cm³/mol. The zero-order valence-corrected chi connectivity index (χ0v) is 15.1. The van der Waals surface area contributed by atoms with E-state index in [9.17, 15) is 9.18 Å². The molecule has 2 aromatic carbocycles. The van der Waals surface area contributed by atoms with Gasteiger partial charge in [-0.3, -0.25) is 9.79 Å². The Labute approximate surface area is 152 Å². The Balaban J connectivity index is 1.84. The summed E-state index contributed by atoms with van der Waals surface area (Å²) in [5.41, 5.74) is 2.68. The fourth-order valence-electron chi connectivity index (χ4n) is 2.66. The van der Waals surface area contributed by atoms with Crippen LogP contribution in [0.5, 0.6) is 0 Å². The van der Waals surface area contributed by atoms with E-state index >= 15 is 0 Å². The lowest BCUT2D eigenvalue weighted by Crippen LogP contribution is -2.35. The number of rotatable bonds is 5. The molecule has 0 atom stereocenters. The van der Waals surface area contributed by atoms with Gasteiger partial charge in [-0.1, -0.05) is 43.0 Å². The second-order valence-corrected chi connectivity index (χ2v) is 6.96. The Morgan fingerprint density at radius 3 is 2.48 bits per heavy atom. The average Bonchev–Trinajstić information content (AvgIpc) is 2.67. The van der Waals surface area contributed by atoms with Crippen LogP contribution in [0, 0.1) is 5.82 Å². The largest absolute Gasteiger partial charge is 0.313 e. The first-order valence-electron chi connectivity index (χ1n) is 8.50. The topological polar surface area (TPSA) is 32.7 Å². The maximum atomic E-state index is 13.3. The van der Waals surface area contributed by atoms with Gasteiger partial charge in [0.1, 0.15) is 5.82 Å². The van der Waals surface area contributed by atoms with Gasteiger partial charge < -0.3 is 4.90 Å². The van der Waals surface area contributed by atoms with Crippen LogP contribution in [-0.4, -0.2) is 29.8 Å². The van der Waals surface area contributed by atoms with Gasteiger partial charge in [0.05, 0.1) is 6.54 Å². The van der Waals surface area contributed by atoms with Crippen LogP contribution >= 0.6 is 11.8 Å². The Bertz CT molecular complexity index is 756. The number of Topliss-reactive ketones (excluding diaryl/α,β-unsaturated/α-hetero) is 1. The molecule has 0 bridgehead atoms. The number of nitrogens with zero attached hydrogens (tertiary/aromatic N) is 2. The van der Waals surface area contributed by atoms with Crippen LogP contribution in [0.1, 0.15) is 29.3 Å². The maximum Gasteiger partial charge on any atom is 0.182 e. The number of aryl methyl sites for hydroxylation is 1. The Morgan fingerprint density at radius 1 is 1.16 bits per heavy atom. The van der Waals surface area contributed by atoms with Crippen molar-refractivity contribution in [2.45, 2.75) is 19.8 Å². The predicted octanol–water partition coefficient (Wildman–Crippen LogP) is 4.57. The lowest BCUT2D eigenvalue weighted by molar-refractivity contribution is 0.100. The molecule has 25 heavy (non-hydrogen) atoms. The summed E-state index contributed by atoms with van der Waals surface area (Å²) in [7, 11) is 0. The summed E-state index contributed by atoms with van der Waals surface area (Å²) in [6, 6.07) is 13.9. The first kappa shape index (κ1) is 17.7. The number of thioether (sulfide) groups is 1. The Kier molecular flexibility index (Phi) is 5.87. The summed E-state index contributed by atoms with van der Waals surface area (Å²) in [4.78, 5) is 19.2. The molecule has 3 rings (SSSR count). The van der Waals surface area contributed by atoms with Gasteiger partial charge in [-0.15, -0.1) is 0 Å². The summed E-state index contributed by atoms with van der Waals surface area (Å²) in [6.07, 6.45) is 1.99. The van der Waals surface area contributed by atoms with Crippen molar-refractivity contribution in [2.24, 2.45) is 4.99 Å². The van der Waals surface area contributed by atoms with Crippen LogP contribution in [0.4, 0.5) is 10.1 Å². The Morgan fingerprint density at radius 2 is 1.88 bits per heavy atom. The molecule has 0 aromatic heterocycles. The standard InChI is InChI=1S/C20H21FN2OS/c1-2-15-4-6-16(7-5-15)19(24)14-23(20-22-12-3-13-25-20)18-10-8-17(21)9-11-18/h4-11H,2-3,12-14H2,1H3. The lowest BCUT2D eigenvalue weighted by Gasteiger charge is -2.27. The molecule has 1 heterocycles. The van der Waals surface area contributed by atoms with E-state index in [0.717, 1.165) is 36.0 Å². The van der Waals surface area contributed by atoms with Crippen LogP contribution in [0.2, 0.25) is 0 Å². The van der Waals surface area contributed by atoms with E-state index in [1.165, 1.54) is 17.7 Å². The summed E-state index contributed by atoms with van der Waals surface area (Å²) < 4.78 is 13.3. The molecule has 5 heteroatoms. The molecule has 130 valence electrons. The second-order valence-electron chi connectivity index (χ2n) is 5.90. The summed E-state index contributed by atoms with van der Waals surface area (Å²) in [5, 5.41) is 0.830. The summed E-state index contributed by atoms with van der Waals surface area (Å²) >= 11 is 1.64.